The molecule has 2 aromatic rings. The zero-order valence-electron chi connectivity index (χ0n) is 15.0. The molecule has 1 atom stereocenters. The predicted octanol–water partition coefficient (Wildman–Crippen LogP) is 2.21. The van der Waals surface area contributed by atoms with Crippen LogP contribution in [0.15, 0.2) is 30.6 Å². The Morgan fingerprint density at radius 2 is 2.12 bits per heavy atom. The van der Waals surface area contributed by atoms with E-state index in [2.05, 4.69) is 10.4 Å². The van der Waals surface area contributed by atoms with E-state index >= 15 is 0 Å². The van der Waals surface area contributed by atoms with Crippen molar-refractivity contribution in [3.63, 3.8) is 0 Å². The highest BCUT2D eigenvalue weighted by Crippen LogP contribution is 2.32. The average Bonchev–Trinajstić information content (AvgIpc) is 2.95. The Morgan fingerprint density at radius 1 is 1.38 bits per heavy atom. The maximum Gasteiger partial charge on any atom is 0.166 e. The summed E-state index contributed by atoms with van der Waals surface area (Å²) in [4.78, 5) is 0. The number of aliphatic hydroxyl groups is 1. The van der Waals surface area contributed by atoms with Crippen LogP contribution in [0, 0.1) is 0 Å². The molecular formula is C18H27N3O3. The van der Waals surface area contributed by atoms with Crippen LogP contribution in [0.4, 0.5) is 0 Å². The highest BCUT2D eigenvalue weighted by molar-refractivity contribution is 5.46. The van der Waals surface area contributed by atoms with Crippen molar-refractivity contribution in [1.29, 1.82) is 0 Å². The number of nitrogens with zero attached hydrogens (tertiary/aromatic N) is 2. The average molecular weight is 333 g/mol. The first-order valence-electron chi connectivity index (χ1n) is 8.08. The topological polar surface area (TPSA) is 68.5 Å². The highest BCUT2D eigenvalue weighted by Gasteiger charge is 2.24. The van der Waals surface area contributed by atoms with Gasteiger partial charge in [0.2, 0.25) is 0 Å². The van der Waals surface area contributed by atoms with Crippen molar-refractivity contribution in [1.82, 2.24) is 15.1 Å². The lowest BCUT2D eigenvalue weighted by Crippen LogP contribution is -2.35. The molecule has 6 nitrogen and oxygen atoms in total. The fourth-order valence-corrected chi connectivity index (χ4v) is 2.47. The standard InChI is InChI=1S/C18H27N3O3/c1-13(2)24-17-14(7-6-8-16(17)23-5)9-19-12-18(3,22)15-10-20-21(4)11-15/h6-8,10-11,13,19,22H,9,12H2,1-5H3. The summed E-state index contributed by atoms with van der Waals surface area (Å²) in [7, 11) is 3.46. The predicted molar refractivity (Wildman–Crippen MR) is 93.2 cm³/mol. The molecule has 0 radical (unpaired) electrons. The molecule has 1 unspecified atom stereocenters. The minimum Gasteiger partial charge on any atom is -0.493 e. The Balaban J connectivity index is 2.06. The molecule has 1 heterocycles. The van der Waals surface area contributed by atoms with Crippen LogP contribution in [0.25, 0.3) is 0 Å². The van der Waals surface area contributed by atoms with Crippen LogP contribution in [0.1, 0.15) is 31.9 Å². The van der Waals surface area contributed by atoms with Crippen molar-refractivity contribution < 1.29 is 14.6 Å². The Hall–Kier alpha value is -2.05. The Kier molecular flexibility index (Phi) is 5.85. The molecule has 0 spiro atoms. The van der Waals surface area contributed by atoms with E-state index in [9.17, 15) is 5.11 Å². The normalized spacial score (nSPS) is 13.8. The molecule has 0 aliphatic carbocycles. The van der Waals surface area contributed by atoms with Gasteiger partial charge in [0, 0.05) is 37.5 Å². The highest BCUT2D eigenvalue weighted by atomic mass is 16.5. The van der Waals surface area contributed by atoms with E-state index in [-0.39, 0.29) is 6.10 Å². The molecule has 0 fully saturated rings. The van der Waals surface area contributed by atoms with Crippen LogP contribution in [0.3, 0.4) is 0 Å². The zero-order valence-corrected chi connectivity index (χ0v) is 15.0. The summed E-state index contributed by atoms with van der Waals surface area (Å²) < 4.78 is 13.0. The summed E-state index contributed by atoms with van der Waals surface area (Å²) in [5.74, 6) is 1.45. The van der Waals surface area contributed by atoms with Gasteiger partial charge >= 0.3 is 0 Å². The number of methoxy groups -OCH3 is 1. The van der Waals surface area contributed by atoms with E-state index < -0.39 is 5.60 Å². The molecule has 0 amide bonds. The first kappa shape index (κ1) is 18.3. The smallest absolute Gasteiger partial charge is 0.166 e. The molecular weight excluding hydrogens is 306 g/mol. The van der Waals surface area contributed by atoms with Crippen molar-refractivity contribution in [3.8, 4) is 11.5 Å². The third-order valence-corrected chi connectivity index (χ3v) is 3.75. The second kappa shape index (κ2) is 7.68. The van der Waals surface area contributed by atoms with Crippen molar-refractivity contribution in [2.45, 2.75) is 39.0 Å². The molecule has 0 aliphatic heterocycles. The second-order valence-electron chi connectivity index (χ2n) is 6.40. The maximum atomic E-state index is 10.6. The van der Waals surface area contributed by atoms with Gasteiger partial charge in [0.05, 0.1) is 19.4 Å². The first-order valence-corrected chi connectivity index (χ1v) is 8.08. The van der Waals surface area contributed by atoms with E-state index in [0.717, 1.165) is 16.9 Å². The SMILES string of the molecule is COc1cccc(CNCC(C)(O)c2cnn(C)c2)c1OC(C)C. The van der Waals surface area contributed by atoms with Crippen LogP contribution >= 0.6 is 0 Å². The van der Waals surface area contributed by atoms with E-state index in [0.29, 0.717) is 18.8 Å². The molecule has 0 bridgehead atoms. The molecule has 2 N–H and O–H groups in total. The van der Waals surface area contributed by atoms with Gasteiger partial charge in [-0.1, -0.05) is 12.1 Å². The van der Waals surface area contributed by atoms with Crippen molar-refractivity contribution in [3.05, 3.63) is 41.7 Å². The molecule has 2 rings (SSSR count). The summed E-state index contributed by atoms with van der Waals surface area (Å²) in [5.41, 5.74) is 0.776. The Bertz CT molecular complexity index is 665. The third-order valence-electron chi connectivity index (χ3n) is 3.75. The van der Waals surface area contributed by atoms with Gasteiger partial charge in [-0.2, -0.15) is 5.10 Å². The summed E-state index contributed by atoms with van der Waals surface area (Å²) >= 11 is 0. The van der Waals surface area contributed by atoms with Gasteiger partial charge in [-0.05, 0) is 26.8 Å². The van der Waals surface area contributed by atoms with Crippen molar-refractivity contribution in [2.75, 3.05) is 13.7 Å². The fourth-order valence-electron chi connectivity index (χ4n) is 2.47. The van der Waals surface area contributed by atoms with Gasteiger partial charge in [0.25, 0.3) is 0 Å². The summed E-state index contributed by atoms with van der Waals surface area (Å²) in [6.07, 6.45) is 3.56. The second-order valence-corrected chi connectivity index (χ2v) is 6.40. The lowest BCUT2D eigenvalue weighted by Gasteiger charge is -2.23. The van der Waals surface area contributed by atoms with Crippen LogP contribution in [0.5, 0.6) is 11.5 Å². The summed E-state index contributed by atoms with van der Waals surface area (Å²) in [6.45, 7) is 6.70. The molecule has 0 saturated heterocycles. The maximum absolute atomic E-state index is 10.6. The van der Waals surface area contributed by atoms with Crippen LogP contribution < -0.4 is 14.8 Å². The molecule has 1 aromatic carbocycles. The van der Waals surface area contributed by atoms with Gasteiger partial charge in [0.15, 0.2) is 11.5 Å². The molecule has 6 heteroatoms. The van der Waals surface area contributed by atoms with Gasteiger partial charge < -0.3 is 19.9 Å². The quantitative estimate of drug-likeness (QED) is 0.775. The number of benzene rings is 1. The molecule has 24 heavy (non-hydrogen) atoms. The van der Waals surface area contributed by atoms with Crippen LogP contribution in [-0.4, -0.2) is 34.6 Å². The molecule has 0 aliphatic rings. The zero-order chi connectivity index (χ0) is 17.7. The van der Waals surface area contributed by atoms with Crippen molar-refractivity contribution in [2.24, 2.45) is 7.05 Å². The lowest BCUT2D eigenvalue weighted by atomic mass is 9.99. The van der Waals surface area contributed by atoms with E-state index in [1.807, 2.05) is 45.3 Å². The van der Waals surface area contributed by atoms with Gasteiger partial charge in [0.1, 0.15) is 5.60 Å². The first-order chi connectivity index (χ1) is 11.3. The number of rotatable bonds is 8. The van der Waals surface area contributed by atoms with Crippen molar-refractivity contribution >= 4 is 0 Å². The van der Waals surface area contributed by atoms with Gasteiger partial charge in [-0.25, -0.2) is 0 Å². The fraction of sp³-hybridized carbons (Fsp3) is 0.500. The number of hydrogen-bond acceptors (Lipinski definition) is 5. The number of aromatic nitrogens is 2. The monoisotopic (exact) mass is 333 g/mol. The number of para-hydroxylation sites is 1. The number of hydrogen-bond donors (Lipinski definition) is 2. The van der Waals surface area contributed by atoms with Crippen LogP contribution in [-0.2, 0) is 19.2 Å². The molecule has 0 saturated carbocycles. The summed E-state index contributed by atoms with van der Waals surface area (Å²) in [5, 5.41) is 18.0. The lowest BCUT2D eigenvalue weighted by molar-refractivity contribution is 0.0565. The molecule has 132 valence electrons. The third kappa shape index (κ3) is 4.49. The summed E-state index contributed by atoms with van der Waals surface area (Å²) in [6, 6.07) is 5.81. The molecule has 1 aromatic heterocycles. The van der Waals surface area contributed by atoms with Gasteiger partial charge in [-0.3, -0.25) is 4.68 Å². The van der Waals surface area contributed by atoms with E-state index in [1.54, 1.807) is 24.9 Å². The number of nitrogens with one attached hydrogen (secondary N) is 1. The van der Waals surface area contributed by atoms with E-state index in [4.69, 9.17) is 9.47 Å². The Morgan fingerprint density at radius 3 is 2.71 bits per heavy atom. The van der Waals surface area contributed by atoms with Gasteiger partial charge in [-0.15, -0.1) is 0 Å². The Labute approximate surface area is 143 Å². The van der Waals surface area contributed by atoms with E-state index in [1.165, 1.54) is 0 Å². The minimum absolute atomic E-state index is 0.0542. The van der Waals surface area contributed by atoms with Crippen LogP contribution in [0.2, 0.25) is 0 Å². The number of ether oxygens (including phenoxy) is 2. The largest absolute Gasteiger partial charge is 0.493 e. The number of aryl methyl sites for hydroxylation is 1. The minimum atomic E-state index is -0.994.